The molecule has 78 valence electrons. The molecule has 3 heteroatoms. The lowest BCUT2D eigenvalue weighted by atomic mass is 10.1. The fourth-order valence-corrected chi connectivity index (χ4v) is 2.57. The Labute approximate surface area is 102 Å². The van der Waals surface area contributed by atoms with Crippen molar-refractivity contribution in [2.75, 3.05) is 0 Å². The van der Waals surface area contributed by atoms with Crippen LogP contribution >= 0.6 is 27.3 Å². The maximum atomic E-state index is 4.60. The summed E-state index contributed by atoms with van der Waals surface area (Å²) in [5, 5.41) is 3.33. The Morgan fingerprint density at radius 2 is 2.20 bits per heavy atom. The van der Waals surface area contributed by atoms with Crippen LogP contribution in [-0.2, 0) is 6.42 Å². The Hall–Kier alpha value is -0.670. The Morgan fingerprint density at radius 3 is 2.87 bits per heavy atom. The van der Waals surface area contributed by atoms with E-state index in [1.54, 1.807) is 11.3 Å². The minimum Gasteiger partial charge on any atom is -0.241 e. The van der Waals surface area contributed by atoms with E-state index in [0.29, 0.717) is 0 Å². The van der Waals surface area contributed by atoms with Gasteiger partial charge in [-0.15, -0.1) is 11.3 Å². The molecule has 0 atom stereocenters. The first-order chi connectivity index (χ1) is 7.20. The molecule has 0 radical (unpaired) electrons. The molecule has 0 aliphatic carbocycles. The van der Waals surface area contributed by atoms with Gasteiger partial charge in [-0.05, 0) is 31.0 Å². The number of benzene rings is 1. The number of thiazole rings is 1. The van der Waals surface area contributed by atoms with Gasteiger partial charge >= 0.3 is 0 Å². The summed E-state index contributed by atoms with van der Waals surface area (Å²) in [4.78, 5) is 4.60. The van der Waals surface area contributed by atoms with Gasteiger partial charge in [0.2, 0.25) is 0 Å². The van der Waals surface area contributed by atoms with Crippen molar-refractivity contribution in [1.29, 1.82) is 0 Å². The number of nitrogens with zero attached hydrogens (tertiary/aromatic N) is 1. The molecule has 15 heavy (non-hydrogen) atoms. The molecular formula is C12H12BrNS. The number of hydrogen-bond donors (Lipinski definition) is 0. The van der Waals surface area contributed by atoms with E-state index in [2.05, 4.69) is 58.3 Å². The summed E-state index contributed by atoms with van der Waals surface area (Å²) in [5.74, 6) is 0. The van der Waals surface area contributed by atoms with Crippen LogP contribution in [0.4, 0.5) is 0 Å². The SMILES string of the molecule is CCc1nc(-c2cc(Br)ccc2C)cs1. The van der Waals surface area contributed by atoms with Crippen LogP contribution in [0.15, 0.2) is 28.1 Å². The van der Waals surface area contributed by atoms with E-state index in [9.17, 15) is 0 Å². The standard InChI is InChI=1S/C12H12BrNS/c1-3-12-14-11(7-15-12)10-6-9(13)5-4-8(10)2/h4-7H,3H2,1-2H3. The minimum atomic E-state index is 1.01. The first-order valence-corrected chi connectivity index (χ1v) is 6.59. The molecule has 0 fully saturated rings. The fraction of sp³-hybridized carbons (Fsp3) is 0.250. The highest BCUT2D eigenvalue weighted by Gasteiger charge is 2.06. The maximum absolute atomic E-state index is 4.60. The second kappa shape index (κ2) is 4.45. The molecule has 0 spiro atoms. The molecule has 1 aromatic heterocycles. The molecule has 0 aliphatic rings. The Bertz CT molecular complexity index is 476. The van der Waals surface area contributed by atoms with Crippen LogP contribution in [0.2, 0.25) is 0 Å². The number of aryl methyl sites for hydroxylation is 2. The van der Waals surface area contributed by atoms with Gasteiger partial charge in [0, 0.05) is 15.4 Å². The summed E-state index contributed by atoms with van der Waals surface area (Å²) in [6, 6.07) is 6.31. The van der Waals surface area contributed by atoms with Crippen molar-refractivity contribution < 1.29 is 0 Å². The molecule has 0 saturated heterocycles. The predicted octanol–water partition coefficient (Wildman–Crippen LogP) is 4.44. The van der Waals surface area contributed by atoms with Gasteiger partial charge in [0.05, 0.1) is 10.7 Å². The average molecular weight is 282 g/mol. The van der Waals surface area contributed by atoms with Crippen molar-refractivity contribution >= 4 is 27.3 Å². The van der Waals surface area contributed by atoms with Gasteiger partial charge < -0.3 is 0 Å². The van der Waals surface area contributed by atoms with E-state index in [1.807, 2.05) is 0 Å². The first-order valence-electron chi connectivity index (χ1n) is 4.91. The Morgan fingerprint density at radius 1 is 1.40 bits per heavy atom. The molecule has 0 unspecified atom stereocenters. The fourth-order valence-electron chi connectivity index (χ4n) is 1.47. The smallest absolute Gasteiger partial charge is 0.0929 e. The molecule has 0 saturated carbocycles. The van der Waals surface area contributed by atoms with Gasteiger partial charge in [-0.2, -0.15) is 0 Å². The minimum absolute atomic E-state index is 1.01. The lowest BCUT2D eigenvalue weighted by Gasteiger charge is -2.02. The molecule has 2 rings (SSSR count). The van der Waals surface area contributed by atoms with Crippen LogP contribution in [-0.4, -0.2) is 4.98 Å². The second-order valence-corrected chi connectivity index (χ2v) is 5.30. The van der Waals surface area contributed by atoms with Crippen LogP contribution in [0.3, 0.4) is 0 Å². The predicted molar refractivity (Wildman–Crippen MR) is 69.4 cm³/mol. The third-order valence-electron chi connectivity index (χ3n) is 2.33. The highest BCUT2D eigenvalue weighted by Crippen LogP contribution is 2.27. The normalized spacial score (nSPS) is 10.6. The van der Waals surface area contributed by atoms with Gasteiger partial charge in [-0.1, -0.05) is 28.9 Å². The average Bonchev–Trinajstić information content (AvgIpc) is 2.70. The molecule has 1 aromatic carbocycles. The number of rotatable bonds is 2. The van der Waals surface area contributed by atoms with E-state index in [0.717, 1.165) is 16.6 Å². The van der Waals surface area contributed by atoms with Crippen molar-refractivity contribution in [1.82, 2.24) is 4.98 Å². The summed E-state index contributed by atoms with van der Waals surface area (Å²) in [6.07, 6.45) is 1.01. The summed E-state index contributed by atoms with van der Waals surface area (Å²) >= 11 is 5.23. The van der Waals surface area contributed by atoms with Crippen LogP contribution in [0.1, 0.15) is 17.5 Å². The number of halogens is 1. The molecule has 0 N–H and O–H groups in total. The molecule has 2 aromatic rings. The maximum Gasteiger partial charge on any atom is 0.0929 e. The highest BCUT2D eigenvalue weighted by molar-refractivity contribution is 9.10. The zero-order chi connectivity index (χ0) is 10.8. The van der Waals surface area contributed by atoms with Crippen molar-refractivity contribution in [3.8, 4) is 11.3 Å². The zero-order valence-corrected chi connectivity index (χ0v) is 11.2. The van der Waals surface area contributed by atoms with Crippen LogP contribution in [0, 0.1) is 6.92 Å². The van der Waals surface area contributed by atoms with E-state index in [-0.39, 0.29) is 0 Å². The second-order valence-electron chi connectivity index (χ2n) is 3.44. The quantitative estimate of drug-likeness (QED) is 0.793. The summed E-state index contributed by atoms with van der Waals surface area (Å²) < 4.78 is 1.11. The van der Waals surface area contributed by atoms with Crippen molar-refractivity contribution in [2.24, 2.45) is 0 Å². The topological polar surface area (TPSA) is 12.9 Å². The molecule has 1 nitrogen and oxygen atoms in total. The molecular weight excluding hydrogens is 270 g/mol. The van der Waals surface area contributed by atoms with Gasteiger partial charge in [-0.3, -0.25) is 0 Å². The number of aromatic nitrogens is 1. The molecule has 0 aliphatic heterocycles. The summed E-state index contributed by atoms with van der Waals surface area (Å²) in [6.45, 7) is 4.25. The van der Waals surface area contributed by atoms with Gasteiger partial charge in [0.25, 0.3) is 0 Å². The summed E-state index contributed by atoms with van der Waals surface area (Å²) in [5.41, 5.74) is 3.59. The third kappa shape index (κ3) is 2.29. The van der Waals surface area contributed by atoms with Crippen LogP contribution in [0.5, 0.6) is 0 Å². The number of hydrogen-bond acceptors (Lipinski definition) is 2. The van der Waals surface area contributed by atoms with Crippen LogP contribution < -0.4 is 0 Å². The van der Waals surface area contributed by atoms with Crippen molar-refractivity contribution in [3.63, 3.8) is 0 Å². The largest absolute Gasteiger partial charge is 0.241 e. The zero-order valence-electron chi connectivity index (χ0n) is 8.75. The molecule has 0 amide bonds. The first kappa shape index (κ1) is 10.8. The van der Waals surface area contributed by atoms with E-state index < -0.39 is 0 Å². The van der Waals surface area contributed by atoms with Gasteiger partial charge in [0.15, 0.2) is 0 Å². The third-order valence-corrected chi connectivity index (χ3v) is 3.82. The monoisotopic (exact) mass is 281 g/mol. The van der Waals surface area contributed by atoms with Gasteiger partial charge in [-0.25, -0.2) is 4.98 Å². The lowest BCUT2D eigenvalue weighted by molar-refractivity contribution is 1.09. The van der Waals surface area contributed by atoms with Gasteiger partial charge in [0.1, 0.15) is 0 Å². The molecule has 0 bridgehead atoms. The Balaban J connectivity index is 2.48. The van der Waals surface area contributed by atoms with Crippen molar-refractivity contribution in [2.45, 2.75) is 20.3 Å². The van der Waals surface area contributed by atoms with Crippen LogP contribution in [0.25, 0.3) is 11.3 Å². The van der Waals surface area contributed by atoms with Crippen molar-refractivity contribution in [3.05, 3.63) is 38.6 Å². The Kier molecular flexibility index (Phi) is 3.22. The lowest BCUT2D eigenvalue weighted by Crippen LogP contribution is -1.84. The highest BCUT2D eigenvalue weighted by atomic mass is 79.9. The summed E-state index contributed by atoms with van der Waals surface area (Å²) in [7, 11) is 0. The van der Waals surface area contributed by atoms with E-state index in [4.69, 9.17) is 0 Å². The van der Waals surface area contributed by atoms with E-state index in [1.165, 1.54) is 16.1 Å². The molecule has 1 heterocycles. The van der Waals surface area contributed by atoms with E-state index >= 15 is 0 Å².